The van der Waals surface area contributed by atoms with Crippen molar-refractivity contribution in [1.82, 2.24) is 25.5 Å². The zero-order chi connectivity index (χ0) is 20.1. The molecule has 1 saturated heterocycles. The summed E-state index contributed by atoms with van der Waals surface area (Å²) in [5.41, 5.74) is 2.34. The molecule has 3 atom stereocenters. The molecule has 3 N–H and O–H groups in total. The number of carboxylic acids is 1. The van der Waals surface area contributed by atoms with E-state index in [0.717, 1.165) is 31.5 Å². The molecule has 150 valence electrons. The van der Waals surface area contributed by atoms with Gasteiger partial charge in [-0.3, -0.25) is 10.2 Å². The van der Waals surface area contributed by atoms with Crippen molar-refractivity contribution < 1.29 is 9.90 Å². The van der Waals surface area contributed by atoms with E-state index < -0.39 is 11.9 Å². The Kier molecular flexibility index (Phi) is 6.38. The number of aromatic amines is 1. The number of benzene rings is 1. The number of nitrogens with zero attached hydrogens (tertiary/aromatic N) is 4. The molecule has 8 nitrogen and oxygen atoms in total. The normalized spacial score (nSPS) is 18.8. The van der Waals surface area contributed by atoms with E-state index in [1.165, 1.54) is 5.56 Å². The number of carboxylic acid groups (broad SMARTS) is 1. The molecule has 1 fully saturated rings. The van der Waals surface area contributed by atoms with Crippen molar-refractivity contribution in [3.05, 3.63) is 41.2 Å². The third-order valence-corrected chi connectivity index (χ3v) is 5.67. The fourth-order valence-electron chi connectivity index (χ4n) is 4.06. The summed E-state index contributed by atoms with van der Waals surface area (Å²) >= 11 is 0. The van der Waals surface area contributed by atoms with Gasteiger partial charge in [0.25, 0.3) is 0 Å². The van der Waals surface area contributed by atoms with Crippen molar-refractivity contribution >= 4 is 11.8 Å². The highest BCUT2D eigenvalue weighted by Gasteiger charge is 2.32. The SMILES string of the molecule is CCC[C@H](C(=O)O)[C@H](Cc1ccc(C2CCN(C(C)=N)C2)cc1)c1nn[nH]n1. The number of rotatable bonds is 8. The van der Waals surface area contributed by atoms with Crippen LogP contribution in [0.25, 0.3) is 0 Å². The molecule has 0 bridgehead atoms. The average Bonchev–Trinajstić information content (AvgIpc) is 3.36. The van der Waals surface area contributed by atoms with E-state index in [2.05, 4.69) is 49.8 Å². The van der Waals surface area contributed by atoms with E-state index in [1.54, 1.807) is 0 Å². The third kappa shape index (κ3) is 4.55. The van der Waals surface area contributed by atoms with E-state index in [0.29, 0.717) is 30.4 Å². The maximum Gasteiger partial charge on any atom is 0.307 e. The van der Waals surface area contributed by atoms with Crippen molar-refractivity contribution in [2.75, 3.05) is 13.1 Å². The summed E-state index contributed by atoms with van der Waals surface area (Å²) in [5.74, 6) is -0.156. The predicted octanol–water partition coefficient (Wildman–Crippen LogP) is 2.81. The van der Waals surface area contributed by atoms with Gasteiger partial charge in [0.1, 0.15) is 0 Å². The molecular formula is C20H28N6O2. The Morgan fingerprint density at radius 1 is 1.39 bits per heavy atom. The maximum atomic E-state index is 11.8. The van der Waals surface area contributed by atoms with E-state index in [9.17, 15) is 9.90 Å². The molecule has 0 spiro atoms. The Morgan fingerprint density at radius 2 is 2.14 bits per heavy atom. The molecule has 1 aromatic heterocycles. The van der Waals surface area contributed by atoms with Crippen molar-refractivity contribution in [3.8, 4) is 0 Å². The Labute approximate surface area is 164 Å². The van der Waals surface area contributed by atoms with Gasteiger partial charge < -0.3 is 10.0 Å². The summed E-state index contributed by atoms with van der Waals surface area (Å²) in [4.78, 5) is 13.9. The van der Waals surface area contributed by atoms with E-state index >= 15 is 0 Å². The van der Waals surface area contributed by atoms with Crippen LogP contribution in [0, 0.1) is 11.3 Å². The van der Waals surface area contributed by atoms with Crippen molar-refractivity contribution in [2.24, 2.45) is 5.92 Å². The topological polar surface area (TPSA) is 119 Å². The Balaban J connectivity index is 1.74. The van der Waals surface area contributed by atoms with Crippen molar-refractivity contribution in [2.45, 2.75) is 51.4 Å². The molecule has 1 aliphatic rings. The van der Waals surface area contributed by atoms with Gasteiger partial charge in [0, 0.05) is 24.9 Å². The molecule has 1 aliphatic heterocycles. The number of carbonyl (C=O) groups is 1. The van der Waals surface area contributed by atoms with E-state index in [4.69, 9.17) is 5.41 Å². The zero-order valence-electron chi connectivity index (χ0n) is 16.4. The van der Waals surface area contributed by atoms with Gasteiger partial charge in [0.05, 0.1) is 11.8 Å². The monoisotopic (exact) mass is 384 g/mol. The van der Waals surface area contributed by atoms with Gasteiger partial charge in [-0.05, 0) is 37.3 Å². The van der Waals surface area contributed by atoms with E-state index in [-0.39, 0.29) is 5.92 Å². The van der Waals surface area contributed by atoms with Gasteiger partial charge in [-0.2, -0.15) is 5.21 Å². The van der Waals surface area contributed by atoms with Crippen LogP contribution < -0.4 is 0 Å². The van der Waals surface area contributed by atoms with Gasteiger partial charge in [0.2, 0.25) is 0 Å². The standard InChI is InChI=1S/C20H28N6O2/c1-3-4-17(20(27)28)18(19-22-24-25-23-19)11-14-5-7-15(8-6-14)16-9-10-26(12-16)13(2)21/h5-8,16-18,21H,3-4,9-12H2,1-2H3,(H,27,28)(H,22,23,24,25)/t16?,17-,18-/m0/s1. The Bertz CT molecular complexity index is 790. The second kappa shape index (κ2) is 8.95. The first-order chi connectivity index (χ1) is 13.5. The number of nitrogens with one attached hydrogen (secondary N) is 2. The summed E-state index contributed by atoms with van der Waals surface area (Å²) in [6.45, 7) is 5.63. The van der Waals surface area contributed by atoms with Gasteiger partial charge >= 0.3 is 5.97 Å². The highest BCUT2D eigenvalue weighted by Crippen LogP contribution is 2.31. The lowest BCUT2D eigenvalue weighted by atomic mass is 9.83. The van der Waals surface area contributed by atoms with Crippen LogP contribution in [0.2, 0.25) is 0 Å². The fraction of sp³-hybridized carbons (Fsp3) is 0.550. The van der Waals surface area contributed by atoms with Gasteiger partial charge in [-0.25, -0.2) is 0 Å². The quantitative estimate of drug-likeness (QED) is 0.476. The van der Waals surface area contributed by atoms with Crippen LogP contribution in [0.5, 0.6) is 0 Å². The van der Waals surface area contributed by atoms with Gasteiger partial charge in [-0.1, -0.05) is 42.8 Å². The molecular weight excluding hydrogens is 356 g/mol. The first-order valence-corrected chi connectivity index (χ1v) is 9.84. The minimum absolute atomic E-state index is 0.315. The zero-order valence-corrected chi connectivity index (χ0v) is 16.4. The maximum absolute atomic E-state index is 11.8. The van der Waals surface area contributed by atoms with Crippen LogP contribution in [0.1, 0.15) is 61.9 Å². The highest BCUT2D eigenvalue weighted by molar-refractivity contribution is 5.76. The fourth-order valence-corrected chi connectivity index (χ4v) is 4.06. The van der Waals surface area contributed by atoms with Crippen molar-refractivity contribution in [3.63, 3.8) is 0 Å². The van der Waals surface area contributed by atoms with Gasteiger partial charge in [-0.15, -0.1) is 10.2 Å². The number of amidine groups is 1. The molecule has 8 heteroatoms. The molecule has 0 radical (unpaired) electrons. The van der Waals surface area contributed by atoms with Gasteiger partial charge in [0.15, 0.2) is 5.82 Å². The lowest BCUT2D eigenvalue weighted by Gasteiger charge is -2.21. The van der Waals surface area contributed by atoms with Crippen LogP contribution >= 0.6 is 0 Å². The number of aliphatic carboxylic acids is 1. The minimum atomic E-state index is -0.818. The second-order valence-electron chi connectivity index (χ2n) is 7.57. The van der Waals surface area contributed by atoms with Crippen LogP contribution in [-0.4, -0.2) is 55.5 Å². The largest absolute Gasteiger partial charge is 0.481 e. The summed E-state index contributed by atoms with van der Waals surface area (Å²) in [6, 6.07) is 8.41. The van der Waals surface area contributed by atoms with E-state index in [1.807, 2.05) is 13.8 Å². The number of tetrazole rings is 1. The molecule has 2 heterocycles. The molecule has 3 rings (SSSR count). The number of aromatic nitrogens is 4. The lowest BCUT2D eigenvalue weighted by Crippen LogP contribution is -2.25. The van der Waals surface area contributed by atoms with Crippen LogP contribution in [0.3, 0.4) is 0 Å². The lowest BCUT2D eigenvalue weighted by molar-refractivity contribution is -0.142. The van der Waals surface area contributed by atoms with Crippen LogP contribution in [0.15, 0.2) is 24.3 Å². The summed E-state index contributed by atoms with van der Waals surface area (Å²) in [6.07, 6.45) is 2.98. The molecule has 2 aromatic rings. The minimum Gasteiger partial charge on any atom is -0.481 e. The highest BCUT2D eigenvalue weighted by atomic mass is 16.4. The third-order valence-electron chi connectivity index (χ3n) is 5.67. The Hall–Kier alpha value is -2.77. The molecule has 28 heavy (non-hydrogen) atoms. The molecule has 1 unspecified atom stereocenters. The molecule has 1 aromatic carbocycles. The summed E-state index contributed by atoms with van der Waals surface area (Å²) in [7, 11) is 0. The van der Waals surface area contributed by atoms with Crippen LogP contribution in [0.4, 0.5) is 0 Å². The number of hydrogen-bond donors (Lipinski definition) is 3. The second-order valence-corrected chi connectivity index (χ2v) is 7.57. The smallest absolute Gasteiger partial charge is 0.307 e. The summed E-state index contributed by atoms with van der Waals surface area (Å²) in [5, 5.41) is 31.7. The molecule has 0 saturated carbocycles. The summed E-state index contributed by atoms with van der Waals surface area (Å²) < 4.78 is 0. The number of likely N-dealkylation sites (tertiary alicyclic amines) is 1. The molecule has 0 aliphatic carbocycles. The van der Waals surface area contributed by atoms with Crippen LogP contribution in [-0.2, 0) is 11.2 Å². The first-order valence-electron chi connectivity index (χ1n) is 9.84. The number of H-pyrrole nitrogens is 1. The average molecular weight is 384 g/mol. The first kappa shape index (κ1) is 20.0. The predicted molar refractivity (Wildman–Crippen MR) is 105 cm³/mol. The number of hydrogen-bond acceptors (Lipinski definition) is 5. The van der Waals surface area contributed by atoms with Crippen molar-refractivity contribution in [1.29, 1.82) is 5.41 Å². The molecule has 0 amide bonds. The Morgan fingerprint density at radius 3 is 2.68 bits per heavy atom.